The van der Waals surface area contributed by atoms with Crippen molar-refractivity contribution in [2.75, 3.05) is 13.1 Å². The van der Waals surface area contributed by atoms with Crippen molar-refractivity contribution in [1.82, 2.24) is 10.0 Å². The third kappa shape index (κ3) is 2.69. The molecule has 2 fully saturated rings. The van der Waals surface area contributed by atoms with E-state index in [2.05, 4.69) is 5.01 Å². The molecular weight excluding hydrogens is 190 g/mol. The van der Waals surface area contributed by atoms with Gasteiger partial charge in [0.05, 0.1) is 6.54 Å². The normalized spacial score (nSPS) is 24.7. The number of nitrogens with zero attached hydrogens (tertiary/aromatic N) is 2. The van der Waals surface area contributed by atoms with Crippen molar-refractivity contribution in [3.63, 3.8) is 0 Å². The first-order valence-corrected chi connectivity index (χ1v) is 5.83. The van der Waals surface area contributed by atoms with Crippen LogP contribution in [-0.4, -0.2) is 40.6 Å². The summed E-state index contributed by atoms with van der Waals surface area (Å²) in [5.41, 5.74) is 5.69. The summed E-state index contributed by atoms with van der Waals surface area (Å²) in [6.45, 7) is 5.61. The van der Waals surface area contributed by atoms with Crippen LogP contribution in [0.5, 0.6) is 0 Å². The van der Waals surface area contributed by atoms with Crippen molar-refractivity contribution in [2.45, 2.75) is 51.1 Å². The average molecular weight is 211 g/mol. The molecular formula is C11H21N3O. The number of rotatable bonds is 3. The summed E-state index contributed by atoms with van der Waals surface area (Å²) in [7, 11) is 0. The summed E-state index contributed by atoms with van der Waals surface area (Å²) in [6.07, 6.45) is 4.14. The maximum atomic E-state index is 11.8. The molecule has 0 aromatic carbocycles. The average Bonchev–Trinajstić information content (AvgIpc) is 2.89. The lowest BCUT2D eigenvalue weighted by atomic mass is 10.1. The van der Waals surface area contributed by atoms with Crippen molar-refractivity contribution >= 4 is 5.91 Å². The molecule has 2 aliphatic rings. The molecule has 1 heterocycles. The lowest BCUT2D eigenvalue weighted by Crippen LogP contribution is -2.57. The van der Waals surface area contributed by atoms with E-state index in [1.807, 2.05) is 18.9 Å². The number of nitrogens with two attached hydrogens (primary N) is 1. The predicted molar refractivity (Wildman–Crippen MR) is 58.9 cm³/mol. The molecule has 2 rings (SSSR count). The standard InChI is InChI=1S/C11H21N3O/c1-11(2,12)8-14-10(15)4-3-7-13(14)9-5-6-9/h9H,3-8,12H2,1-2H3. The van der Waals surface area contributed by atoms with Gasteiger partial charge in [-0.15, -0.1) is 0 Å². The van der Waals surface area contributed by atoms with E-state index < -0.39 is 0 Å². The van der Waals surface area contributed by atoms with Gasteiger partial charge in [-0.2, -0.15) is 0 Å². The first-order chi connectivity index (χ1) is 6.97. The Hall–Kier alpha value is -0.610. The van der Waals surface area contributed by atoms with Gasteiger partial charge >= 0.3 is 0 Å². The number of carbonyl (C=O) groups is 1. The van der Waals surface area contributed by atoms with E-state index in [1.54, 1.807) is 0 Å². The van der Waals surface area contributed by atoms with Gasteiger partial charge in [-0.3, -0.25) is 9.80 Å². The van der Waals surface area contributed by atoms with E-state index in [0.717, 1.165) is 13.0 Å². The second-order valence-corrected chi connectivity index (χ2v) is 5.44. The van der Waals surface area contributed by atoms with Gasteiger partial charge in [0.15, 0.2) is 0 Å². The van der Waals surface area contributed by atoms with Gasteiger partial charge in [-0.1, -0.05) is 0 Å². The van der Waals surface area contributed by atoms with Crippen molar-refractivity contribution in [1.29, 1.82) is 0 Å². The molecule has 1 amide bonds. The van der Waals surface area contributed by atoms with Crippen LogP contribution in [0.2, 0.25) is 0 Å². The highest BCUT2D eigenvalue weighted by Gasteiger charge is 2.38. The Balaban J connectivity index is 2.04. The molecule has 0 unspecified atom stereocenters. The van der Waals surface area contributed by atoms with Crippen LogP contribution in [0.15, 0.2) is 0 Å². The van der Waals surface area contributed by atoms with Crippen molar-refractivity contribution in [3.8, 4) is 0 Å². The molecule has 0 radical (unpaired) electrons. The predicted octanol–water partition coefficient (Wildman–Crippen LogP) is 0.725. The largest absolute Gasteiger partial charge is 0.324 e. The molecule has 86 valence electrons. The smallest absolute Gasteiger partial charge is 0.236 e. The Bertz CT molecular complexity index is 255. The monoisotopic (exact) mass is 211 g/mol. The summed E-state index contributed by atoms with van der Waals surface area (Å²) < 4.78 is 0. The minimum Gasteiger partial charge on any atom is -0.324 e. The molecule has 0 atom stereocenters. The van der Waals surface area contributed by atoms with Crippen LogP contribution in [-0.2, 0) is 4.79 Å². The first kappa shape index (κ1) is 10.9. The van der Waals surface area contributed by atoms with E-state index in [4.69, 9.17) is 5.73 Å². The van der Waals surface area contributed by atoms with Gasteiger partial charge in [0.2, 0.25) is 5.91 Å². The van der Waals surface area contributed by atoms with Crippen LogP contribution in [0.3, 0.4) is 0 Å². The number of amides is 1. The van der Waals surface area contributed by atoms with Crippen molar-refractivity contribution in [2.24, 2.45) is 5.73 Å². The molecule has 1 saturated heterocycles. The molecule has 0 aromatic heterocycles. The Morgan fingerprint density at radius 2 is 2.13 bits per heavy atom. The van der Waals surface area contributed by atoms with E-state index >= 15 is 0 Å². The molecule has 15 heavy (non-hydrogen) atoms. The molecule has 2 N–H and O–H groups in total. The minimum absolute atomic E-state index is 0.242. The Kier molecular flexibility index (Phi) is 2.73. The minimum atomic E-state index is -0.305. The zero-order valence-electron chi connectivity index (χ0n) is 9.70. The number of hydrogen-bond donors (Lipinski definition) is 1. The van der Waals surface area contributed by atoms with Gasteiger partial charge in [0.1, 0.15) is 0 Å². The Morgan fingerprint density at radius 3 is 2.67 bits per heavy atom. The maximum Gasteiger partial charge on any atom is 0.236 e. The summed E-state index contributed by atoms with van der Waals surface area (Å²) in [4.78, 5) is 11.8. The van der Waals surface area contributed by atoms with Gasteiger partial charge in [-0.05, 0) is 33.1 Å². The van der Waals surface area contributed by atoms with E-state index in [9.17, 15) is 4.79 Å². The zero-order chi connectivity index (χ0) is 11.1. The highest BCUT2D eigenvalue weighted by Crippen LogP contribution is 2.31. The fraction of sp³-hybridized carbons (Fsp3) is 0.909. The van der Waals surface area contributed by atoms with Gasteiger partial charge in [0, 0.05) is 24.5 Å². The Labute approximate surface area is 91.4 Å². The van der Waals surface area contributed by atoms with Gasteiger partial charge in [-0.25, -0.2) is 5.01 Å². The van der Waals surface area contributed by atoms with Crippen molar-refractivity contribution in [3.05, 3.63) is 0 Å². The zero-order valence-corrected chi connectivity index (χ0v) is 9.70. The molecule has 1 aliphatic heterocycles. The van der Waals surface area contributed by atoms with E-state index in [0.29, 0.717) is 19.0 Å². The Morgan fingerprint density at radius 1 is 1.47 bits per heavy atom. The summed E-state index contributed by atoms with van der Waals surface area (Å²) in [5, 5.41) is 4.13. The summed E-state index contributed by atoms with van der Waals surface area (Å²) >= 11 is 0. The van der Waals surface area contributed by atoms with E-state index in [1.165, 1.54) is 12.8 Å². The fourth-order valence-electron chi connectivity index (χ4n) is 2.10. The van der Waals surface area contributed by atoms with Crippen LogP contribution in [0.25, 0.3) is 0 Å². The molecule has 1 aliphatic carbocycles. The van der Waals surface area contributed by atoms with Gasteiger partial charge < -0.3 is 5.73 Å². The van der Waals surface area contributed by atoms with Crippen LogP contribution in [0, 0.1) is 0 Å². The SMILES string of the molecule is CC(C)(N)CN1C(=O)CCCN1C1CC1. The summed E-state index contributed by atoms with van der Waals surface area (Å²) in [6, 6.07) is 0.608. The summed E-state index contributed by atoms with van der Waals surface area (Å²) in [5.74, 6) is 0.242. The molecule has 0 aromatic rings. The molecule has 1 saturated carbocycles. The fourth-order valence-corrected chi connectivity index (χ4v) is 2.10. The lowest BCUT2D eigenvalue weighted by Gasteiger charge is -2.41. The second-order valence-electron chi connectivity index (χ2n) is 5.44. The molecule has 0 bridgehead atoms. The third-order valence-corrected chi connectivity index (χ3v) is 2.90. The quantitative estimate of drug-likeness (QED) is 0.748. The number of hydrogen-bond acceptors (Lipinski definition) is 3. The first-order valence-electron chi connectivity index (χ1n) is 5.83. The van der Waals surface area contributed by atoms with Crippen LogP contribution in [0.4, 0.5) is 0 Å². The highest BCUT2D eigenvalue weighted by atomic mass is 16.2. The second kappa shape index (κ2) is 3.76. The van der Waals surface area contributed by atoms with E-state index in [-0.39, 0.29) is 11.4 Å². The van der Waals surface area contributed by atoms with Gasteiger partial charge in [0.25, 0.3) is 0 Å². The van der Waals surface area contributed by atoms with Crippen LogP contribution in [0.1, 0.15) is 39.5 Å². The van der Waals surface area contributed by atoms with Crippen molar-refractivity contribution < 1.29 is 4.79 Å². The lowest BCUT2D eigenvalue weighted by molar-refractivity contribution is -0.158. The topological polar surface area (TPSA) is 49.6 Å². The van der Waals surface area contributed by atoms with Crippen LogP contribution >= 0.6 is 0 Å². The molecule has 4 nitrogen and oxygen atoms in total. The third-order valence-electron chi connectivity index (χ3n) is 2.90. The number of hydrazine groups is 1. The maximum absolute atomic E-state index is 11.8. The molecule has 0 spiro atoms. The number of carbonyl (C=O) groups excluding carboxylic acids is 1. The molecule has 4 heteroatoms. The van der Waals surface area contributed by atoms with Crippen LogP contribution < -0.4 is 5.73 Å². The highest BCUT2D eigenvalue weighted by molar-refractivity contribution is 5.76.